The van der Waals surface area contributed by atoms with E-state index >= 15 is 0 Å². The lowest BCUT2D eigenvalue weighted by Crippen LogP contribution is -2.15. The van der Waals surface area contributed by atoms with E-state index in [1.165, 1.54) is 21.1 Å². The van der Waals surface area contributed by atoms with Gasteiger partial charge in [-0.25, -0.2) is 0 Å². The number of ketones is 1. The van der Waals surface area contributed by atoms with Gasteiger partial charge in [0.2, 0.25) is 5.91 Å². The molecule has 0 unspecified atom stereocenters. The molecule has 1 rings (SSSR count). The van der Waals surface area contributed by atoms with Crippen molar-refractivity contribution in [2.45, 2.75) is 13.3 Å². The summed E-state index contributed by atoms with van der Waals surface area (Å²) in [6.07, 6.45) is -0.212. The van der Waals surface area contributed by atoms with Gasteiger partial charge in [-0.2, -0.15) is 0 Å². The molecule has 1 N–H and O–H groups in total. The summed E-state index contributed by atoms with van der Waals surface area (Å²) in [7, 11) is 2.92. The van der Waals surface area contributed by atoms with E-state index in [4.69, 9.17) is 21.1 Å². The Hall–Kier alpha value is -1.75. The minimum atomic E-state index is -0.448. The van der Waals surface area contributed by atoms with E-state index in [2.05, 4.69) is 5.32 Å². The number of carbonyl (C=O) groups excluding carboxylic acids is 2. The number of benzene rings is 1. The van der Waals surface area contributed by atoms with E-state index in [0.29, 0.717) is 22.2 Å². The molecule has 0 atom stereocenters. The van der Waals surface area contributed by atoms with E-state index in [1.807, 2.05) is 0 Å². The third-order valence-corrected chi connectivity index (χ3v) is 2.48. The molecule has 1 aromatic rings. The van der Waals surface area contributed by atoms with Crippen LogP contribution in [0.5, 0.6) is 11.5 Å². The van der Waals surface area contributed by atoms with Crippen LogP contribution in [0.3, 0.4) is 0 Å². The SMILES string of the molecule is COc1ccc(Cl)c(NC(=O)CC(C)=O)c1OC. The maximum absolute atomic E-state index is 11.6. The van der Waals surface area contributed by atoms with Crippen molar-refractivity contribution in [2.24, 2.45) is 0 Å². The predicted molar refractivity (Wildman–Crippen MR) is 68.5 cm³/mol. The number of halogens is 1. The molecule has 1 amide bonds. The van der Waals surface area contributed by atoms with E-state index in [1.54, 1.807) is 12.1 Å². The van der Waals surface area contributed by atoms with Gasteiger partial charge in [0.05, 0.1) is 25.7 Å². The van der Waals surface area contributed by atoms with Crippen molar-refractivity contribution in [3.05, 3.63) is 17.2 Å². The second-order valence-corrected chi connectivity index (χ2v) is 3.99. The van der Waals surface area contributed by atoms with Crippen LogP contribution in [0.15, 0.2) is 12.1 Å². The Balaban J connectivity index is 3.06. The number of anilines is 1. The van der Waals surface area contributed by atoms with Crippen LogP contribution < -0.4 is 14.8 Å². The van der Waals surface area contributed by atoms with Crippen LogP contribution in [0, 0.1) is 0 Å². The third-order valence-electron chi connectivity index (χ3n) is 2.17. The molecule has 0 saturated heterocycles. The highest BCUT2D eigenvalue weighted by Gasteiger charge is 2.16. The smallest absolute Gasteiger partial charge is 0.231 e. The number of methoxy groups -OCH3 is 2. The largest absolute Gasteiger partial charge is 0.493 e. The normalized spacial score (nSPS) is 9.78. The third kappa shape index (κ3) is 3.37. The first kappa shape index (κ1) is 14.3. The fraction of sp³-hybridized carbons (Fsp3) is 0.333. The monoisotopic (exact) mass is 271 g/mol. The second kappa shape index (κ2) is 6.26. The van der Waals surface area contributed by atoms with Crippen molar-refractivity contribution in [3.63, 3.8) is 0 Å². The molecular formula is C12H14ClNO4. The number of hydrogen-bond donors (Lipinski definition) is 1. The summed E-state index contributed by atoms with van der Waals surface area (Å²) in [5, 5.41) is 2.85. The van der Waals surface area contributed by atoms with Crippen LogP contribution in [0.2, 0.25) is 5.02 Å². The van der Waals surface area contributed by atoms with Gasteiger partial charge in [-0.3, -0.25) is 9.59 Å². The first-order valence-corrected chi connectivity index (χ1v) is 5.57. The number of amides is 1. The average Bonchev–Trinajstić information content (AvgIpc) is 2.30. The summed E-state index contributed by atoms with van der Waals surface area (Å²) in [5.41, 5.74) is 0.296. The van der Waals surface area contributed by atoms with Crippen LogP contribution in [-0.2, 0) is 9.59 Å². The van der Waals surface area contributed by atoms with Gasteiger partial charge in [0, 0.05) is 0 Å². The average molecular weight is 272 g/mol. The summed E-state index contributed by atoms with van der Waals surface area (Å²) in [5.74, 6) is 0.0864. The van der Waals surface area contributed by atoms with Crippen LogP contribution in [0.25, 0.3) is 0 Å². The first-order chi connectivity index (χ1) is 8.49. The molecule has 0 radical (unpaired) electrons. The highest BCUT2D eigenvalue weighted by molar-refractivity contribution is 6.34. The standard InChI is InChI=1S/C12H14ClNO4/c1-7(15)6-10(16)14-11-8(13)4-5-9(17-2)12(11)18-3/h4-5H,6H2,1-3H3,(H,14,16). The zero-order valence-electron chi connectivity index (χ0n) is 10.4. The van der Waals surface area contributed by atoms with Gasteiger partial charge in [0.15, 0.2) is 11.5 Å². The van der Waals surface area contributed by atoms with E-state index in [0.717, 1.165) is 0 Å². The highest BCUT2D eigenvalue weighted by atomic mass is 35.5. The Bertz CT molecular complexity index is 473. The lowest BCUT2D eigenvalue weighted by Gasteiger charge is -2.14. The minimum absolute atomic E-state index is 0.212. The van der Waals surface area contributed by atoms with Gasteiger partial charge < -0.3 is 14.8 Å². The van der Waals surface area contributed by atoms with Crippen molar-refractivity contribution in [3.8, 4) is 11.5 Å². The summed E-state index contributed by atoms with van der Waals surface area (Å²) in [4.78, 5) is 22.4. The number of ether oxygens (including phenoxy) is 2. The van der Waals surface area contributed by atoms with Gasteiger partial charge in [-0.15, -0.1) is 0 Å². The van der Waals surface area contributed by atoms with Gasteiger partial charge in [0.1, 0.15) is 11.5 Å². The summed E-state index contributed by atoms with van der Waals surface area (Å²) < 4.78 is 10.2. The van der Waals surface area contributed by atoms with E-state index in [-0.39, 0.29) is 12.2 Å². The Labute approximate surface area is 110 Å². The topological polar surface area (TPSA) is 64.6 Å². The maximum Gasteiger partial charge on any atom is 0.231 e. The van der Waals surface area contributed by atoms with Crippen LogP contribution >= 0.6 is 11.6 Å². The molecule has 18 heavy (non-hydrogen) atoms. The van der Waals surface area contributed by atoms with E-state index < -0.39 is 5.91 Å². The molecule has 0 heterocycles. The van der Waals surface area contributed by atoms with Gasteiger partial charge >= 0.3 is 0 Å². The van der Waals surface area contributed by atoms with Crippen molar-refractivity contribution in [1.82, 2.24) is 0 Å². The lowest BCUT2D eigenvalue weighted by molar-refractivity contribution is -0.124. The molecule has 0 spiro atoms. The molecule has 6 heteroatoms. The molecule has 0 aliphatic rings. The fourth-order valence-electron chi connectivity index (χ4n) is 1.43. The summed E-state index contributed by atoms with van der Waals surface area (Å²) in [6, 6.07) is 3.20. The fourth-order valence-corrected chi connectivity index (χ4v) is 1.63. The van der Waals surface area contributed by atoms with E-state index in [9.17, 15) is 9.59 Å². The van der Waals surface area contributed by atoms with Crippen molar-refractivity contribution in [2.75, 3.05) is 19.5 Å². The molecule has 0 saturated carbocycles. The zero-order chi connectivity index (χ0) is 13.7. The zero-order valence-corrected chi connectivity index (χ0v) is 11.1. The lowest BCUT2D eigenvalue weighted by atomic mass is 10.2. The molecule has 0 aliphatic heterocycles. The number of nitrogens with one attached hydrogen (secondary N) is 1. The molecule has 5 nitrogen and oxygen atoms in total. The molecule has 0 aromatic heterocycles. The maximum atomic E-state index is 11.6. The van der Waals surface area contributed by atoms with Gasteiger partial charge in [0.25, 0.3) is 0 Å². The van der Waals surface area contributed by atoms with Crippen LogP contribution in [0.4, 0.5) is 5.69 Å². The Morgan fingerprint density at radius 1 is 1.28 bits per heavy atom. The highest BCUT2D eigenvalue weighted by Crippen LogP contribution is 2.40. The molecular weight excluding hydrogens is 258 g/mol. The Kier molecular flexibility index (Phi) is 4.97. The molecule has 98 valence electrons. The van der Waals surface area contributed by atoms with Gasteiger partial charge in [-0.1, -0.05) is 11.6 Å². The van der Waals surface area contributed by atoms with Gasteiger partial charge in [-0.05, 0) is 19.1 Å². The number of rotatable bonds is 5. The molecule has 1 aromatic carbocycles. The van der Waals surface area contributed by atoms with Crippen molar-refractivity contribution < 1.29 is 19.1 Å². The van der Waals surface area contributed by atoms with Crippen molar-refractivity contribution >= 4 is 29.0 Å². The predicted octanol–water partition coefficient (Wildman–Crippen LogP) is 2.27. The minimum Gasteiger partial charge on any atom is -0.493 e. The summed E-state index contributed by atoms with van der Waals surface area (Å²) >= 11 is 5.98. The van der Waals surface area contributed by atoms with Crippen molar-refractivity contribution in [1.29, 1.82) is 0 Å². The Morgan fingerprint density at radius 3 is 2.44 bits per heavy atom. The molecule has 0 fully saturated rings. The Morgan fingerprint density at radius 2 is 1.94 bits per heavy atom. The number of hydrogen-bond acceptors (Lipinski definition) is 4. The second-order valence-electron chi connectivity index (χ2n) is 3.58. The molecule has 0 aliphatic carbocycles. The number of Topliss-reactive ketones (excluding diaryl/α,β-unsaturated/α-hetero) is 1. The quantitative estimate of drug-likeness (QED) is 0.835. The molecule has 0 bridgehead atoms. The number of carbonyl (C=O) groups is 2. The van der Waals surface area contributed by atoms with Crippen LogP contribution in [-0.4, -0.2) is 25.9 Å². The van der Waals surface area contributed by atoms with Crippen LogP contribution in [0.1, 0.15) is 13.3 Å². The first-order valence-electron chi connectivity index (χ1n) is 5.19. The summed E-state index contributed by atoms with van der Waals surface area (Å²) in [6.45, 7) is 1.34.